The number of carboxylic acids is 1. The van der Waals surface area contributed by atoms with E-state index < -0.39 is 24.0 Å². The fourth-order valence-electron chi connectivity index (χ4n) is 1.69. The Hall–Kier alpha value is -2.57. The van der Waals surface area contributed by atoms with E-state index in [0.717, 1.165) is 0 Å². The first-order valence-corrected chi connectivity index (χ1v) is 6.49. The molecule has 0 radical (unpaired) electrons. The maximum absolute atomic E-state index is 11.7. The Bertz CT molecular complexity index is 489. The fourth-order valence-corrected chi connectivity index (χ4v) is 1.69. The number of carbonyl (C=O) groups excluding carboxylic acids is 2. The minimum Gasteiger partial charge on any atom is -0.481 e. The lowest BCUT2D eigenvalue weighted by Crippen LogP contribution is -2.41. The molecule has 7 heteroatoms. The molecule has 1 aromatic carbocycles. The Kier molecular flexibility index (Phi) is 6.73. The number of ether oxygens (including phenoxy) is 1. The van der Waals surface area contributed by atoms with Crippen LogP contribution in [-0.2, 0) is 14.3 Å². The third-order valence-corrected chi connectivity index (χ3v) is 2.58. The van der Waals surface area contributed by atoms with Gasteiger partial charge >= 0.3 is 18.0 Å². The normalized spacial score (nSPS) is 11.3. The summed E-state index contributed by atoms with van der Waals surface area (Å²) in [7, 11) is 0. The van der Waals surface area contributed by atoms with Crippen molar-refractivity contribution in [2.45, 2.75) is 19.4 Å². The highest BCUT2D eigenvalue weighted by Gasteiger charge is 2.18. The molecule has 0 aliphatic heterocycles. The molecule has 0 aliphatic carbocycles. The van der Waals surface area contributed by atoms with Gasteiger partial charge in [0.05, 0.1) is 19.1 Å². The van der Waals surface area contributed by atoms with Gasteiger partial charge in [-0.05, 0) is 12.5 Å². The van der Waals surface area contributed by atoms with Crippen molar-refractivity contribution < 1.29 is 24.2 Å². The van der Waals surface area contributed by atoms with Crippen molar-refractivity contribution in [2.75, 3.05) is 13.2 Å². The van der Waals surface area contributed by atoms with Crippen LogP contribution >= 0.6 is 0 Å². The van der Waals surface area contributed by atoms with Crippen LogP contribution in [-0.4, -0.2) is 36.2 Å². The standard InChI is InChI=1S/C14H18N2O5/c1-2-21-13(19)9-15-14(20)16-11(8-12(17)18)10-6-4-3-5-7-10/h3-7,11H,2,8-9H2,1H3,(H,17,18)(H2,15,16,20). The van der Waals surface area contributed by atoms with Crippen molar-refractivity contribution >= 4 is 18.0 Å². The molecular weight excluding hydrogens is 276 g/mol. The van der Waals surface area contributed by atoms with Crippen LogP contribution in [0.1, 0.15) is 24.9 Å². The predicted molar refractivity (Wildman–Crippen MR) is 74.6 cm³/mol. The number of urea groups is 1. The molecule has 1 atom stereocenters. The molecule has 0 fully saturated rings. The van der Waals surface area contributed by atoms with Gasteiger partial charge in [0.2, 0.25) is 0 Å². The van der Waals surface area contributed by atoms with Crippen LogP contribution in [0.15, 0.2) is 30.3 Å². The van der Waals surface area contributed by atoms with E-state index in [2.05, 4.69) is 15.4 Å². The number of rotatable bonds is 7. The van der Waals surface area contributed by atoms with Crippen molar-refractivity contribution in [3.05, 3.63) is 35.9 Å². The van der Waals surface area contributed by atoms with Gasteiger partial charge in [0.25, 0.3) is 0 Å². The molecule has 0 saturated heterocycles. The molecule has 1 unspecified atom stereocenters. The smallest absolute Gasteiger partial charge is 0.325 e. The molecule has 21 heavy (non-hydrogen) atoms. The van der Waals surface area contributed by atoms with Crippen LogP contribution in [0.2, 0.25) is 0 Å². The number of carboxylic acid groups (broad SMARTS) is 1. The topological polar surface area (TPSA) is 105 Å². The monoisotopic (exact) mass is 294 g/mol. The molecule has 0 aliphatic rings. The number of carbonyl (C=O) groups is 3. The quantitative estimate of drug-likeness (QED) is 0.652. The van der Waals surface area contributed by atoms with Crippen molar-refractivity contribution in [1.82, 2.24) is 10.6 Å². The average molecular weight is 294 g/mol. The maximum atomic E-state index is 11.7. The summed E-state index contributed by atoms with van der Waals surface area (Å²) in [5, 5.41) is 13.7. The number of hydrogen-bond acceptors (Lipinski definition) is 4. The van der Waals surface area contributed by atoms with Gasteiger partial charge in [0, 0.05) is 0 Å². The van der Waals surface area contributed by atoms with Gasteiger partial charge in [0.1, 0.15) is 6.54 Å². The Balaban J connectivity index is 2.58. The summed E-state index contributed by atoms with van der Waals surface area (Å²) >= 11 is 0. The third kappa shape index (κ3) is 6.42. The van der Waals surface area contributed by atoms with Gasteiger partial charge in [-0.25, -0.2) is 4.79 Å². The first-order chi connectivity index (χ1) is 10.0. The number of benzene rings is 1. The highest BCUT2D eigenvalue weighted by atomic mass is 16.5. The molecule has 1 aromatic rings. The average Bonchev–Trinajstić information content (AvgIpc) is 2.45. The number of amides is 2. The second-order valence-corrected chi connectivity index (χ2v) is 4.19. The summed E-state index contributed by atoms with van der Waals surface area (Å²) in [6.45, 7) is 1.62. The van der Waals surface area contributed by atoms with Crippen molar-refractivity contribution in [3.63, 3.8) is 0 Å². The minimum atomic E-state index is -1.03. The first kappa shape index (κ1) is 16.5. The zero-order chi connectivity index (χ0) is 15.7. The summed E-state index contributed by atoms with van der Waals surface area (Å²) in [5.41, 5.74) is 0.672. The van der Waals surface area contributed by atoms with E-state index in [1.54, 1.807) is 37.3 Å². The number of nitrogens with one attached hydrogen (secondary N) is 2. The van der Waals surface area contributed by atoms with Gasteiger partial charge in [-0.3, -0.25) is 9.59 Å². The highest BCUT2D eigenvalue weighted by Crippen LogP contribution is 2.16. The van der Waals surface area contributed by atoms with E-state index in [1.807, 2.05) is 0 Å². The van der Waals surface area contributed by atoms with Gasteiger partial charge in [-0.15, -0.1) is 0 Å². The Labute approximate surface area is 122 Å². The van der Waals surface area contributed by atoms with E-state index in [1.165, 1.54) is 0 Å². The molecule has 114 valence electrons. The highest BCUT2D eigenvalue weighted by molar-refractivity contribution is 5.81. The number of esters is 1. The van der Waals surface area contributed by atoms with Crippen molar-refractivity contribution in [2.24, 2.45) is 0 Å². The Morgan fingerprint density at radius 3 is 2.48 bits per heavy atom. The van der Waals surface area contributed by atoms with E-state index >= 15 is 0 Å². The Morgan fingerprint density at radius 1 is 1.24 bits per heavy atom. The lowest BCUT2D eigenvalue weighted by molar-refractivity contribution is -0.142. The van der Waals surface area contributed by atoms with Crippen molar-refractivity contribution in [3.8, 4) is 0 Å². The predicted octanol–water partition coefficient (Wildman–Crippen LogP) is 1.06. The van der Waals surface area contributed by atoms with Crippen LogP contribution in [0, 0.1) is 0 Å². The maximum Gasteiger partial charge on any atom is 0.325 e. The SMILES string of the molecule is CCOC(=O)CNC(=O)NC(CC(=O)O)c1ccccc1. The van der Waals surface area contributed by atoms with Crippen LogP contribution in [0.4, 0.5) is 4.79 Å². The molecule has 0 bridgehead atoms. The molecule has 3 N–H and O–H groups in total. The van der Waals surface area contributed by atoms with E-state index in [4.69, 9.17) is 5.11 Å². The molecule has 1 rings (SSSR count). The summed E-state index contributed by atoms with van der Waals surface area (Å²) in [5.74, 6) is -1.59. The summed E-state index contributed by atoms with van der Waals surface area (Å²) < 4.78 is 4.67. The molecule has 0 heterocycles. The summed E-state index contributed by atoms with van der Waals surface area (Å²) in [6, 6.07) is 7.44. The zero-order valence-electron chi connectivity index (χ0n) is 11.7. The van der Waals surface area contributed by atoms with E-state index in [0.29, 0.717) is 5.56 Å². The van der Waals surface area contributed by atoms with Crippen LogP contribution in [0.3, 0.4) is 0 Å². The lowest BCUT2D eigenvalue weighted by atomic mass is 10.0. The first-order valence-electron chi connectivity index (χ1n) is 6.49. The van der Waals surface area contributed by atoms with Crippen LogP contribution in [0.25, 0.3) is 0 Å². The van der Waals surface area contributed by atoms with Crippen molar-refractivity contribution in [1.29, 1.82) is 0 Å². The summed E-state index contributed by atoms with van der Waals surface area (Å²) in [4.78, 5) is 33.7. The molecular formula is C14H18N2O5. The zero-order valence-corrected chi connectivity index (χ0v) is 11.7. The summed E-state index contributed by atoms with van der Waals surface area (Å²) in [6.07, 6.45) is -0.253. The molecule has 0 saturated carbocycles. The number of hydrogen-bond donors (Lipinski definition) is 3. The second-order valence-electron chi connectivity index (χ2n) is 4.19. The van der Waals surface area contributed by atoms with Gasteiger partial charge in [0.15, 0.2) is 0 Å². The van der Waals surface area contributed by atoms with Crippen LogP contribution < -0.4 is 10.6 Å². The molecule has 0 spiro atoms. The second kappa shape index (κ2) is 8.57. The number of aliphatic carboxylic acids is 1. The minimum absolute atomic E-state index is 0.230. The van der Waals surface area contributed by atoms with Gasteiger partial charge in [-0.1, -0.05) is 30.3 Å². The van der Waals surface area contributed by atoms with Gasteiger partial charge < -0.3 is 20.5 Å². The molecule has 0 aromatic heterocycles. The molecule has 2 amide bonds. The largest absolute Gasteiger partial charge is 0.481 e. The lowest BCUT2D eigenvalue weighted by Gasteiger charge is -2.17. The molecule has 7 nitrogen and oxygen atoms in total. The van der Waals surface area contributed by atoms with E-state index in [-0.39, 0.29) is 19.6 Å². The van der Waals surface area contributed by atoms with E-state index in [9.17, 15) is 14.4 Å². The Morgan fingerprint density at radius 2 is 1.90 bits per heavy atom. The fraction of sp³-hybridized carbons (Fsp3) is 0.357. The van der Waals surface area contributed by atoms with Gasteiger partial charge in [-0.2, -0.15) is 0 Å². The van der Waals surface area contributed by atoms with Crippen LogP contribution in [0.5, 0.6) is 0 Å². The third-order valence-electron chi connectivity index (χ3n) is 2.58.